The summed E-state index contributed by atoms with van der Waals surface area (Å²) in [6, 6.07) is 4.58. The monoisotopic (exact) mass is 292 g/mol. The number of nitro groups is 1. The van der Waals surface area contributed by atoms with Crippen molar-refractivity contribution in [2.75, 3.05) is 18.0 Å². The van der Waals surface area contributed by atoms with Crippen LogP contribution in [0.1, 0.15) is 30.1 Å². The van der Waals surface area contributed by atoms with E-state index >= 15 is 0 Å². The van der Waals surface area contributed by atoms with Gasteiger partial charge in [0, 0.05) is 24.2 Å². The van der Waals surface area contributed by atoms with Gasteiger partial charge in [0.15, 0.2) is 0 Å². The second-order valence-corrected chi connectivity index (χ2v) is 5.51. The highest BCUT2D eigenvalue weighted by Gasteiger charge is 2.29. The van der Waals surface area contributed by atoms with Gasteiger partial charge in [-0.2, -0.15) is 0 Å². The highest BCUT2D eigenvalue weighted by atomic mass is 16.6. The van der Waals surface area contributed by atoms with Gasteiger partial charge in [0.25, 0.3) is 5.69 Å². The SMILES string of the molecule is CC1CCC(CN)CN1c1ccc(C(N)=O)cc1[N+](=O)[O-]. The van der Waals surface area contributed by atoms with Crippen molar-refractivity contribution in [3.63, 3.8) is 0 Å². The number of primary amides is 1. The fraction of sp³-hybridized carbons (Fsp3) is 0.500. The first-order chi connectivity index (χ1) is 9.93. The molecule has 1 aliphatic rings. The van der Waals surface area contributed by atoms with Crippen LogP contribution in [0.15, 0.2) is 18.2 Å². The minimum atomic E-state index is -0.670. The summed E-state index contributed by atoms with van der Waals surface area (Å²) < 4.78 is 0. The van der Waals surface area contributed by atoms with Crippen molar-refractivity contribution >= 4 is 17.3 Å². The number of hydrogen-bond donors (Lipinski definition) is 2. The number of amides is 1. The summed E-state index contributed by atoms with van der Waals surface area (Å²) in [7, 11) is 0. The Morgan fingerprint density at radius 2 is 2.19 bits per heavy atom. The second-order valence-electron chi connectivity index (χ2n) is 5.51. The summed E-state index contributed by atoms with van der Waals surface area (Å²) in [5.41, 5.74) is 11.5. The fourth-order valence-electron chi connectivity index (χ4n) is 2.78. The molecular formula is C14H20N4O3. The van der Waals surface area contributed by atoms with Crippen LogP contribution in [-0.2, 0) is 0 Å². The number of rotatable bonds is 4. The molecule has 2 atom stereocenters. The Kier molecular flexibility index (Phi) is 4.42. The number of nitrogens with two attached hydrogens (primary N) is 2. The Hall–Kier alpha value is -2.15. The lowest BCUT2D eigenvalue weighted by Crippen LogP contribution is -2.44. The molecule has 1 heterocycles. The molecule has 2 rings (SSSR count). The molecule has 1 aromatic rings. The molecule has 2 unspecified atom stereocenters. The largest absolute Gasteiger partial charge is 0.366 e. The number of carbonyl (C=O) groups excluding carboxylic acids is 1. The summed E-state index contributed by atoms with van der Waals surface area (Å²) in [5.74, 6) is -0.340. The van der Waals surface area contributed by atoms with Crippen LogP contribution in [0.2, 0.25) is 0 Å². The molecule has 0 aromatic heterocycles. The predicted molar refractivity (Wildman–Crippen MR) is 80.2 cm³/mol. The molecule has 0 radical (unpaired) electrons. The molecule has 1 aromatic carbocycles. The van der Waals surface area contributed by atoms with Crippen LogP contribution in [0.3, 0.4) is 0 Å². The van der Waals surface area contributed by atoms with Gasteiger partial charge in [-0.05, 0) is 44.4 Å². The number of hydrogen-bond acceptors (Lipinski definition) is 5. The van der Waals surface area contributed by atoms with E-state index < -0.39 is 10.8 Å². The molecule has 1 fully saturated rings. The number of carbonyl (C=O) groups is 1. The normalized spacial score (nSPS) is 22.1. The van der Waals surface area contributed by atoms with Crippen LogP contribution in [0.5, 0.6) is 0 Å². The lowest BCUT2D eigenvalue weighted by atomic mass is 9.92. The van der Waals surface area contributed by atoms with Gasteiger partial charge in [-0.1, -0.05) is 0 Å². The predicted octanol–water partition coefficient (Wildman–Crippen LogP) is 1.26. The third kappa shape index (κ3) is 3.13. The fourth-order valence-corrected chi connectivity index (χ4v) is 2.78. The van der Waals surface area contributed by atoms with E-state index in [1.54, 1.807) is 6.07 Å². The zero-order chi connectivity index (χ0) is 15.6. The third-order valence-corrected chi connectivity index (χ3v) is 4.08. The number of nitrogens with zero attached hydrogens (tertiary/aromatic N) is 2. The summed E-state index contributed by atoms with van der Waals surface area (Å²) in [5, 5.41) is 11.3. The van der Waals surface area contributed by atoms with Crippen LogP contribution in [-0.4, -0.2) is 30.0 Å². The van der Waals surface area contributed by atoms with E-state index in [1.165, 1.54) is 12.1 Å². The summed E-state index contributed by atoms with van der Waals surface area (Å²) >= 11 is 0. The second kappa shape index (κ2) is 6.09. The Labute approximate surface area is 123 Å². The van der Waals surface area contributed by atoms with Crippen LogP contribution < -0.4 is 16.4 Å². The van der Waals surface area contributed by atoms with Crippen molar-refractivity contribution in [1.29, 1.82) is 0 Å². The molecule has 21 heavy (non-hydrogen) atoms. The highest BCUT2D eigenvalue weighted by Crippen LogP contribution is 2.34. The maximum absolute atomic E-state index is 11.3. The first kappa shape index (κ1) is 15.2. The maximum atomic E-state index is 11.3. The molecule has 0 bridgehead atoms. The van der Waals surface area contributed by atoms with E-state index in [0.29, 0.717) is 24.7 Å². The lowest BCUT2D eigenvalue weighted by Gasteiger charge is -2.39. The zero-order valence-electron chi connectivity index (χ0n) is 12.0. The van der Waals surface area contributed by atoms with Gasteiger partial charge in [0.05, 0.1) is 4.92 Å². The molecule has 4 N–H and O–H groups in total. The minimum Gasteiger partial charge on any atom is -0.366 e. The first-order valence-electron chi connectivity index (χ1n) is 6.99. The standard InChI is InChI=1S/C14H20N4O3/c1-9-2-3-10(7-15)8-17(9)12-5-4-11(14(16)19)6-13(12)18(20)21/h4-6,9-10H,2-3,7-8,15H2,1H3,(H2,16,19). The molecule has 1 saturated heterocycles. The molecule has 0 spiro atoms. The molecule has 7 nitrogen and oxygen atoms in total. The van der Waals surface area contributed by atoms with Crippen molar-refractivity contribution in [3.05, 3.63) is 33.9 Å². The van der Waals surface area contributed by atoms with E-state index in [1.807, 2.05) is 11.8 Å². The van der Waals surface area contributed by atoms with Gasteiger partial charge in [0.1, 0.15) is 5.69 Å². The Balaban J connectivity index is 2.41. The number of anilines is 1. The van der Waals surface area contributed by atoms with E-state index in [2.05, 4.69) is 0 Å². The molecular weight excluding hydrogens is 272 g/mol. The molecule has 1 aliphatic heterocycles. The van der Waals surface area contributed by atoms with Gasteiger partial charge in [0.2, 0.25) is 5.91 Å². The smallest absolute Gasteiger partial charge is 0.293 e. The lowest BCUT2D eigenvalue weighted by molar-refractivity contribution is -0.384. The quantitative estimate of drug-likeness (QED) is 0.640. The van der Waals surface area contributed by atoms with Crippen molar-refractivity contribution < 1.29 is 9.72 Å². The van der Waals surface area contributed by atoms with Crippen molar-refractivity contribution in [2.24, 2.45) is 17.4 Å². The topological polar surface area (TPSA) is 115 Å². The maximum Gasteiger partial charge on any atom is 0.293 e. The van der Waals surface area contributed by atoms with Crippen LogP contribution in [0, 0.1) is 16.0 Å². The molecule has 0 aliphatic carbocycles. The van der Waals surface area contributed by atoms with Crippen LogP contribution >= 0.6 is 0 Å². The molecule has 1 amide bonds. The van der Waals surface area contributed by atoms with Crippen molar-refractivity contribution in [3.8, 4) is 0 Å². The molecule has 7 heteroatoms. The first-order valence-corrected chi connectivity index (χ1v) is 6.99. The van der Waals surface area contributed by atoms with E-state index in [9.17, 15) is 14.9 Å². The molecule has 0 saturated carbocycles. The van der Waals surface area contributed by atoms with E-state index in [4.69, 9.17) is 11.5 Å². The average molecular weight is 292 g/mol. The molecule has 114 valence electrons. The summed E-state index contributed by atoms with van der Waals surface area (Å²) in [6.07, 6.45) is 1.97. The average Bonchev–Trinajstić information content (AvgIpc) is 2.47. The van der Waals surface area contributed by atoms with Gasteiger partial charge < -0.3 is 16.4 Å². The van der Waals surface area contributed by atoms with E-state index in [0.717, 1.165) is 12.8 Å². The Morgan fingerprint density at radius 1 is 1.48 bits per heavy atom. The minimum absolute atomic E-state index is 0.0872. The number of piperidine rings is 1. The summed E-state index contributed by atoms with van der Waals surface area (Å²) in [4.78, 5) is 24.0. The van der Waals surface area contributed by atoms with Crippen molar-refractivity contribution in [1.82, 2.24) is 0 Å². The van der Waals surface area contributed by atoms with Gasteiger partial charge in [-0.3, -0.25) is 14.9 Å². The van der Waals surface area contributed by atoms with E-state index in [-0.39, 0.29) is 17.3 Å². The van der Waals surface area contributed by atoms with Crippen LogP contribution in [0.25, 0.3) is 0 Å². The number of nitro benzene ring substituents is 1. The van der Waals surface area contributed by atoms with Gasteiger partial charge >= 0.3 is 0 Å². The Morgan fingerprint density at radius 3 is 2.76 bits per heavy atom. The van der Waals surface area contributed by atoms with Gasteiger partial charge in [-0.15, -0.1) is 0 Å². The van der Waals surface area contributed by atoms with Crippen LogP contribution in [0.4, 0.5) is 11.4 Å². The van der Waals surface area contributed by atoms with Gasteiger partial charge in [-0.25, -0.2) is 0 Å². The van der Waals surface area contributed by atoms with Crippen molar-refractivity contribution in [2.45, 2.75) is 25.8 Å². The highest BCUT2D eigenvalue weighted by molar-refractivity contribution is 5.94. The zero-order valence-corrected chi connectivity index (χ0v) is 12.0. The summed E-state index contributed by atoms with van der Waals surface area (Å²) in [6.45, 7) is 3.29. The third-order valence-electron chi connectivity index (χ3n) is 4.08. The Bertz CT molecular complexity index is 561. The number of benzene rings is 1.